The van der Waals surface area contributed by atoms with E-state index in [0.717, 1.165) is 30.0 Å². The van der Waals surface area contributed by atoms with Crippen LogP contribution in [0.4, 0.5) is 5.13 Å². The third kappa shape index (κ3) is 4.61. The maximum atomic E-state index is 13.6. The second-order valence-electron chi connectivity index (χ2n) is 8.04. The van der Waals surface area contributed by atoms with Crippen molar-refractivity contribution in [3.8, 4) is 5.75 Å². The Morgan fingerprint density at radius 1 is 1.34 bits per heavy atom. The fraction of sp³-hybridized carbons (Fsp3) is 0.500. The molecule has 1 saturated heterocycles. The quantitative estimate of drug-likeness (QED) is 0.511. The summed E-state index contributed by atoms with van der Waals surface area (Å²) in [7, 11) is 1.60. The first-order chi connectivity index (χ1) is 15.4. The number of hydrogen-bond acceptors (Lipinski definition) is 7. The summed E-state index contributed by atoms with van der Waals surface area (Å²) in [5, 5.41) is 5.75. The van der Waals surface area contributed by atoms with Crippen molar-refractivity contribution >= 4 is 44.2 Å². The first-order valence-electron chi connectivity index (χ1n) is 10.7. The van der Waals surface area contributed by atoms with Gasteiger partial charge in [0.15, 0.2) is 10.8 Å². The SMILES string of the molecule is COc1ccc(Cl)c2sc(N(CCN3CCOCC3)C(=O)c3cc(C)n(C(C)C)n3)nc12. The smallest absolute Gasteiger partial charge is 0.280 e. The van der Waals surface area contributed by atoms with E-state index in [1.165, 1.54) is 11.3 Å². The van der Waals surface area contributed by atoms with Gasteiger partial charge in [-0.3, -0.25) is 19.3 Å². The standard InChI is InChI=1S/C22H28ClN5O3S/c1-14(2)28-15(3)13-17(25-28)21(29)27(8-7-26-9-11-31-12-10-26)22-24-19-18(30-4)6-5-16(23)20(19)32-22/h5-6,13-14H,7-12H2,1-4H3. The molecule has 0 spiro atoms. The molecule has 10 heteroatoms. The summed E-state index contributed by atoms with van der Waals surface area (Å²) in [6.45, 7) is 10.4. The predicted molar refractivity (Wildman–Crippen MR) is 127 cm³/mol. The monoisotopic (exact) mass is 477 g/mol. The summed E-state index contributed by atoms with van der Waals surface area (Å²) in [4.78, 5) is 22.4. The lowest BCUT2D eigenvalue weighted by Crippen LogP contribution is -2.43. The molecule has 0 unspecified atom stereocenters. The Bertz CT molecular complexity index is 1110. The molecular formula is C22H28ClN5O3S. The lowest BCUT2D eigenvalue weighted by atomic mass is 10.3. The van der Waals surface area contributed by atoms with E-state index in [-0.39, 0.29) is 11.9 Å². The molecule has 0 aliphatic carbocycles. The average molecular weight is 478 g/mol. The first kappa shape index (κ1) is 23.0. The van der Waals surface area contributed by atoms with Crippen LogP contribution in [0.25, 0.3) is 10.2 Å². The topological polar surface area (TPSA) is 72.7 Å². The van der Waals surface area contributed by atoms with Crippen molar-refractivity contribution in [1.82, 2.24) is 19.7 Å². The van der Waals surface area contributed by atoms with Crippen LogP contribution in [-0.2, 0) is 4.74 Å². The van der Waals surface area contributed by atoms with E-state index in [9.17, 15) is 4.79 Å². The van der Waals surface area contributed by atoms with Gasteiger partial charge < -0.3 is 9.47 Å². The number of aryl methyl sites for hydroxylation is 1. The van der Waals surface area contributed by atoms with Crippen molar-refractivity contribution in [3.63, 3.8) is 0 Å². The number of thiazole rings is 1. The van der Waals surface area contributed by atoms with Crippen molar-refractivity contribution in [2.75, 3.05) is 51.4 Å². The number of hydrogen-bond donors (Lipinski definition) is 0. The van der Waals surface area contributed by atoms with E-state index in [2.05, 4.69) is 10.00 Å². The molecule has 0 atom stereocenters. The van der Waals surface area contributed by atoms with Crippen LogP contribution in [-0.4, -0.2) is 72.1 Å². The fourth-order valence-electron chi connectivity index (χ4n) is 3.82. The van der Waals surface area contributed by atoms with Crippen LogP contribution in [0.3, 0.4) is 0 Å². The fourth-order valence-corrected chi connectivity index (χ4v) is 5.11. The van der Waals surface area contributed by atoms with E-state index in [4.69, 9.17) is 26.1 Å². The van der Waals surface area contributed by atoms with Gasteiger partial charge >= 0.3 is 0 Å². The zero-order valence-corrected chi connectivity index (χ0v) is 20.4. The van der Waals surface area contributed by atoms with E-state index < -0.39 is 0 Å². The van der Waals surface area contributed by atoms with Crippen molar-refractivity contribution in [3.05, 3.63) is 34.6 Å². The molecule has 1 aliphatic heterocycles. The molecule has 172 valence electrons. The van der Waals surface area contributed by atoms with Crippen LogP contribution in [0.5, 0.6) is 5.75 Å². The Labute approximate surface area is 196 Å². The van der Waals surface area contributed by atoms with E-state index in [1.54, 1.807) is 24.1 Å². The highest BCUT2D eigenvalue weighted by Crippen LogP contribution is 2.39. The van der Waals surface area contributed by atoms with Gasteiger partial charge in [0.25, 0.3) is 5.91 Å². The van der Waals surface area contributed by atoms with E-state index >= 15 is 0 Å². The number of amides is 1. The van der Waals surface area contributed by atoms with E-state index in [0.29, 0.717) is 46.9 Å². The van der Waals surface area contributed by atoms with Gasteiger partial charge in [-0.2, -0.15) is 5.10 Å². The molecule has 2 aromatic heterocycles. The maximum absolute atomic E-state index is 13.6. The highest BCUT2D eigenvalue weighted by Gasteiger charge is 2.26. The summed E-state index contributed by atoms with van der Waals surface area (Å²) in [6, 6.07) is 5.59. The first-order valence-corrected chi connectivity index (χ1v) is 11.9. The number of benzene rings is 1. The minimum Gasteiger partial charge on any atom is -0.494 e. The molecule has 1 aliphatic rings. The lowest BCUT2D eigenvalue weighted by Gasteiger charge is -2.29. The minimum atomic E-state index is -0.171. The van der Waals surface area contributed by atoms with Crippen molar-refractivity contribution < 1.29 is 14.3 Å². The van der Waals surface area contributed by atoms with Crippen molar-refractivity contribution in [2.24, 2.45) is 0 Å². The molecule has 4 rings (SSSR count). The van der Waals surface area contributed by atoms with E-state index in [1.807, 2.05) is 31.5 Å². The Morgan fingerprint density at radius 3 is 2.75 bits per heavy atom. The average Bonchev–Trinajstić information content (AvgIpc) is 3.40. The molecule has 1 aromatic carbocycles. The zero-order valence-electron chi connectivity index (χ0n) is 18.8. The number of nitrogens with zero attached hydrogens (tertiary/aromatic N) is 5. The Morgan fingerprint density at radius 2 is 2.09 bits per heavy atom. The maximum Gasteiger partial charge on any atom is 0.280 e. The van der Waals surface area contributed by atoms with Crippen LogP contribution in [0.1, 0.15) is 36.1 Å². The van der Waals surface area contributed by atoms with Gasteiger partial charge in [-0.1, -0.05) is 22.9 Å². The number of methoxy groups -OCH3 is 1. The highest BCUT2D eigenvalue weighted by molar-refractivity contribution is 7.23. The molecule has 0 bridgehead atoms. The molecule has 0 radical (unpaired) electrons. The van der Waals surface area contributed by atoms with Gasteiger partial charge in [0.2, 0.25) is 0 Å². The van der Waals surface area contributed by atoms with Gasteiger partial charge in [-0.25, -0.2) is 4.98 Å². The van der Waals surface area contributed by atoms with Crippen LogP contribution in [0, 0.1) is 6.92 Å². The third-order valence-corrected chi connectivity index (χ3v) is 7.06. The van der Waals surface area contributed by atoms with Crippen LogP contribution in [0.15, 0.2) is 18.2 Å². The third-order valence-electron chi connectivity index (χ3n) is 5.52. The number of rotatable bonds is 7. The summed E-state index contributed by atoms with van der Waals surface area (Å²) in [5.74, 6) is 0.460. The van der Waals surface area contributed by atoms with Gasteiger partial charge in [-0.15, -0.1) is 0 Å². The summed E-state index contributed by atoms with van der Waals surface area (Å²) in [6.07, 6.45) is 0. The summed E-state index contributed by atoms with van der Waals surface area (Å²) >= 11 is 7.82. The normalized spacial score (nSPS) is 14.9. The largest absolute Gasteiger partial charge is 0.494 e. The molecule has 0 N–H and O–H groups in total. The minimum absolute atomic E-state index is 0.170. The lowest BCUT2D eigenvalue weighted by molar-refractivity contribution is 0.0391. The number of morpholine rings is 1. The Kier molecular flexibility index (Phi) is 6.99. The predicted octanol–water partition coefficient (Wildman–Crippen LogP) is 4.02. The Balaban J connectivity index is 1.70. The number of carbonyl (C=O) groups is 1. The number of aromatic nitrogens is 3. The van der Waals surface area contributed by atoms with Crippen LogP contribution < -0.4 is 9.64 Å². The number of halogens is 1. The molecule has 1 fully saturated rings. The molecule has 0 saturated carbocycles. The van der Waals surface area contributed by atoms with Gasteiger partial charge in [0.05, 0.1) is 30.0 Å². The summed E-state index contributed by atoms with van der Waals surface area (Å²) < 4.78 is 13.6. The number of ether oxygens (including phenoxy) is 2. The molecule has 32 heavy (non-hydrogen) atoms. The van der Waals surface area contributed by atoms with Crippen molar-refractivity contribution in [1.29, 1.82) is 0 Å². The van der Waals surface area contributed by atoms with Gasteiger partial charge in [-0.05, 0) is 39.0 Å². The number of anilines is 1. The highest BCUT2D eigenvalue weighted by atomic mass is 35.5. The van der Waals surface area contributed by atoms with Crippen LogP contribution >= 0.6 is 22.9 Å². The molecule has 1 amide bonds. The summed E-state index contributed by atoms with van der Waals surface area (Å²) in [5.41, 5.74) is 2.02. The second kappa shape index (κ2) is 9.74. The van der Waals surface area contributed by atoms with Crippen molar-refractivity contribution in [2.45, 2.75) is 26.8 Å². The van der Waals surface area contributed by atoms with Crippen LogP contribution in [0.2, 0.25) is 5.02 Å². The Hall–Kier alpha value is -2.20. The number of fused-ring (bicyclic) bond motifs is 1. The molecule has 3 aromatic rings. The number of carbonyl (C=O) groups excluding carboxylic acids is 1. The molecular weight excluding hydrogens is 450 g/mol. The zero-order chi connectivity index (χ0) is 22.8. The van der Waals surface area contributed by atoms with Gasteiger partial charge in [0.1, 0.15) is 11.3 Å². The molecule has 3 heterocycles. The second-order valence-corrected chi connectivity index (χ2v) is 9.43. The molecule has 8 nitrogen and oxygen atoms in total. The van der Waals surface area contributed by atoms with Gasteiger partial charge in [0, 0.05) is 37.9 Å².